The molecule has 2 rings (SSSR count). The highest BCUT2D eigenvalue weighted by atomic mass is 16.5. The highest BCUT2D eigenvalue weighted by Gasteiger charge is 2.20. The summed E-state index contributed by atoms with van der Waals surface area (Å²) in [7, 11) is 3.85. The number of hydrogen-bond acceptors (Lipinski definition) is 5. The van der Waals surface area contributed by atoms with E-state index in [4.69, 9.17) is 9.47 Å². The molecule has 0 heterocycles. The highest BCUT2D eigenvalue weighted by molar-refractivity contribution is 5.90. The number of carbonyl (C=O) groups excluding carboxylic acids is 1. The molecule has 0 aromatic heterocycles. The van der Waals surface area contributed by atoms with Crippen LogP contribution in [0.2, 0.25) is 0 Å². The fraction of sp³-hybridized carbons (Fsp3) is 0.708. The van der Waals surface area contributed by atoms with Crippen molar-refractivity contribution in [1.29, 1.82) is 0 Å². The van der Waals surface area contributed by atoms with Crippen LogP contribution in [0.15, 0.2) is 24.3 Å². The standard InChI is InChI=1S/C24H41N3O4/c1-19(2)31-15-14-30-18-22(28)17-27(4)24(29)25-23-13-9-8-10-20(23)16-26(3)21-11-6-5-7-12-21/h8-10,13,19,21-22,28H,5-7,11-12,14-18H2,1-4H3,(H,25,29). The molecule has 0 aliphatic heterocycles. The lowest BCUT2D eigenvalue weighted by molar-refractivity contribution is -0.0144. The lowest BCUT2D eigenvalue weighted by Crippen LogP contribution is -2.39. The van der Waals surface area contributed by atoms with E-state index in [1.807, 2.05) is 32.0 Å². The van der Waals surface area contributed by atoms with Gasteiger partial charge in [0.15, 0.2) is 0 Å². The van der Waals surface area contributed by atoms with Gasteiger partial charge in [-0.05, 0) is 45.4 Å². The predicted molar refractivity (Wildman–Crippen MR) is 124 cm³/mol. The summed E-state index contributed by atoms with van der Waals surface area (Å²) in [5.74, 6) is 0. The Labute approximate surface area is 187 Å². The van der Waals surface area contributed by atoms with Crippen molar-refractivity contribution in [1.82, 2.24) is 9.80 Å². The molecule has 1 aromatic carbocycles. The molecule has 7 heteroatoms. The lowest BCUT2D eigenvalue weighted by atomic mass is 9.94. The third-order valence-electron chi connectivity index (χ3n) is 5.70. The summed E-state index contributed by atoms with van der Waals surface area (Å²) in [5.41, 5.74) is 1.92. The second kappa shape index (κ2) is 13.7. The molecule has 1 aliphatic carbocycles. The van der Waals surface area contributed by atoms with E-state index < -0.39 is 6.10 Å². The number of ether oxygens (including phenoxy) is 2. The summed E-state index contributed by atoms with van der Waals surface area (Å²) in [6.07, 6.45) is 5.85. The van der Waals surface area contributed by atoms with Crippen molar-refractivity contribution < 1.29 is 19.4 Å². The third-order valence-corrected chi connectivity index (χ3v) is 5.70. The average Bonchev–Trinajstić information content (AvgIpc) is 2.75. The molecule has 1 aromatic rings. The van der Waals surface area contributed by atoms with E-state index in [-0.39, 0.29) is 25.3 Å². The lowest BCUT2D eigenvalue weighted by Gasteiger charge is -2.31. The Bertz CT molecular complexity index is 649. The molecule has 7 nitrogen and oxygen atoms in total. The number of benzene rings is 1. The molecule has 0 bridgehead atoms. The van der Waals surface area contributed by atoms with Crippen LogP contribution in [0.3, 0.4) is 0 Å². The van der Waals surface area contributed by atoms with Crippen molar-refractivity contribution in [3.63, 3.8) is 0 Å². The number of aliphatic hydroxyl groups is 1. The van der Waals surface area contributed by atoms with Gasteiger partial charge in [-0.3, -0.25) is 4.90 Å². The number of anilines is 1. The van der Waals surface area contributed by atoms with Crippen molar-refractivity contribution in [3.8, 4) is 0 Å². The number of amides is 2. The van der Waals surface area contributed by atoms with Crippen LogP contribution in [0.4, 0.5) is 10.5 Å². The highest BCUT2D eigenvalue weighted by Crippen LogP contribution is 2.25. The SMILES string of the molecule is CC(C)OCCOCC(O)CN(C)C(=O)Nc1ccccc1CN(C)C1CCCCC1. The fourth-order valence-electron chi connectivity index (χ4n) is 3.92. The van der Waals surface area contributed by atoms with Gasteiger partial charge in [-0.2, -0.15) is 0 Å². The summed E-state index contributed by atoms with van der Waals surface area (Å²) in [6.45, 7) is 6.02. The van der Waals surface area contributed by atoms with Crippen LogP contribution < -0.4 is 5.32 Å². The Hall–Kier alpha value is -1.67. The molecular formula is C24H41N3O4. The Morgan fingerprint density at radius 2 is 1.87 bits per heavy atom. The zero-order chi connectivity index (χ0) is 22.6. The zero-order valence-electron chi connectivity index (χ0n) is 19.7. The number of nitrogens with zero attached hydrogens (tertiary/aromatic N) is 2. The Morgan fingerprint density at radius 3 is 2.58 bits per heavy atom. The maximum atomic E-state index is 12.7. The van der Waals surface area contributed by atoms with Crippen molar-refractivity contribution in [2.75, 3.05) is 45.8 Å². The molecule has 1 atom stereocenters. The summed E-state index contributed by atoms with van der Waals surface area (Å²) in [5, 5.41) is 13.2. The molecule has 0 saturated heterocycles. The van der Waals surface area contributed by atoms with Gasteiger partial charge in [-0.15, -0.1) is 0 Å². The van der Waals surface area contributed by atoms with E-state index in [9.17, 15) is 9.90 Å². The van der Waals surface area contributed by atoms with Crippen molar-refractivity contribution in [2.45, 2.75) is 70.7 Å². The van der Waals surface area contributed by atoms with Gasteiger partial charge in [0.1, 0.15) is 0 Å². The molecule has 0 radical (unpaired) electrons. The van der Waals surface area contributed by atoms with Gasteiger partial charge in [-0.1, -0.05) is 37.5 Å². The minimum absolute atomic E-state index is 0.161. The summed E-state index contributed by atoms with van der Waals surface area (Å²) in [4.78, 5) is 16.6. The van der Waals surface area contributed by atoms with E-state index >= 15 is 0 Å². The second-order valence-electron chi connectivity index (χ2n) is 8.82. The van der Waals surface area contributed by atoms with Crippen LogP contribution in [-0.4, -0.2) is 79.6 Å². The van der Waals surface area contributed by atoms with E-state index in [0.29, 0.717) is 19.3 Å². The van der Waals surface area contributed by atoms with Crippen molar-refractivity contribution in [2.24, 2.45) is 0 Å². The van der Waals surface area contributed by atoms with Crippen molar-refractivity contribution in [3.05, 3.63) is 29.8 Å². The predicted octanol–water partition coefficient (Wildman–Crippen LogP) is 3.72. The summed E-state index contributed by atoms with van der Waals surface area (Å²) < 4.78 is 10.8. The monoisotopic (exact) mass is 435 g/mol. The third kappa shape index (κ3) is 9.56. The first-order valence-corrected chi connectivity index (χ1v) is 11.5. The van der Waals surface area contributed by atoms with E-state index in [1.165, 1.54) is 37.0 Å². The van der Waals surface area contributed by atoms with E-state index in [0.717, 1.165) is 17.8 Å². The maximum absolute atomic E-state index is 12.7. The van der Waals surface area contributed by atoms with Gasteiger partial charge < -0.3 is 24.8 Å². The second-order valence-corrected chi connectivity index (χ2v) is 8.82. The van der Waals surface area contributed by atoms with Crippen LogP contribution in [-0.2, 0) is 16.0 Å². The largest absolute Gasteiger partial charge is 0.389 e. The van der Waals surface area contributed by atoms with Gasteiger partial charge >= 0.3 is 6.03 Å². The number of rotatable bonds is 12. The van der Waals surface area contributed by atoms with Crippen LogP contribution in [0, 0.1) is 0 Å². The van der Waals surface area contributed by atoms with Crippen molar-refractivity contribution >= 4 is 11.7 Å². The molecule has 1 fully saturated rings. The minimum atomic E-state index is -0.748. The number of nitrogens with one attached hydrogen (secondary N) is 1. The van der Waals surface area contributed by atoms with E-state index in [1.54, 1.807) is 7.05 Å². The number of likely N-dealkylation sites (N-methyl/N-ethyl adjacent to an activating group) is 1. The van der Waals surface area contributed by atoms with Crippen LogP contribution in [0.25, 0.3) is 0 Å². The van der Waals surface area contributed by atoms with Gasteiger partial charge in [0.25, 0.3) is 0 Å². The van der Waals surface area contributed by atoms with Gasteiger partial charge in [0, 0.05) is 25.3 Å². The minimum Gasteiger partial charge on any atom is -0.389 e. The van der Waals surface area contributed by atoms with Gasteiger partial charge in [0.05, 0.1) is 38.6 Å². The van der Waals surface area contributed by atoms with Gasteiger partial charge in [0.2, 0.25) is 0 Å². The molecule has 1 unspecified atom stereocenters. The number of para-hydroxylation sites is 1. The average molecular weight is 436 g/mol. The molecule has 0 spiro atoms. The maximum Gasteiger partial charge on any atom is 0.321 e. The molecule has 176 valence electrons. The smallest absolute Gasteiger partial charge is 0.321 e. The van der Waals surface area contributed by atoms with Gasteiger partial charge in [-0.25, -0.2) is 4.79 Å². The Kier molecular flexibility index (Phi) is 11.3. The molecule has 1 aliphatic rings. The Balaban J connectivity index is 1.80. The van der Waals surface area contributed by atoms with Crippen LogP contribution in [0.5, 0.6) is 0 Å². The fourth-order valence-corrected chi connectivity index (χ4v) is 3.92. The number of carbonyl (C=O) groups is 1. The van der Waals surface area contributed by atoms with E-state index in [2.05, 4.69) is 23.3 Å². The number of urea groups is 1. The first kappa shape index (κ1) is 25.6. The normalized spacial score (nSPS) is 16.0. The first-order chi connectivity index (χ1) is 14.9. The quantitative estimate of drug-likeness (QED) is 0.490. The molecular weight excluding hydrogens is 394 g/mol. The summed E-state index contributed by atoms with van der Waals surface area (Å²) >= 11 is 0. The molecule has 31 heavy (non-hydrogen) atoms. The molecule has 2 amide bonds. The number of aliphatic hydroxyl groups excluding tert-OH is 1. The first-order valence-electron chi connectivity index (χ1n) is 11.5. The molecule has 2 N–H and O–H groups in total. The summed E-state index contributed by atoms with van der Waals surface area (Å²) in [6, 6.07) is 8.31. The topological polar surface area (TPSA) is 74.3 Å². The molecule has 1 saturated carbocycles. The van der Waals surface area contributed by atoms with Crippen LogP contribution in [0.1, 0.15) is 51.5 Å². The number of hydrogen-bond donors (Lipinski definition) is 2. The Morgan fingerprint density at radius 1 is 1.16 bits per heavy atom. The van der Waals surface area contributed by atoms with Crippen LogP contribution >= 0.6 is 0 Å². The zero-order valence-corrected chi connectivity index (χ0v) is 19.7.